The molecule has 2 aromatic carbocycles. The van der Waals surface area contributed by atoms with E-state index in [1.165, 1.54) is 22.3 Å². The highest BCUT2D eigenvalue weighted by Crippen LogP contribution is 2.11. The summed E-state index contributed by atoms with van der Waals surface area (Å²) in [6.45, 7) is 8.23. The van der Waals surface area contributed by atoms with E-state index in [0.29, 0.717) is 0 Å². The van der Waals surface area contributed by atoms with Gasteiger partial charge >= 0.3 is 0 Å². The van der Waals surface area contributed by atoms with Crippen molar-refractivity contribution >= 4 is 0 Å². The van der Waals surface area contributed by atoms with Gasteiger partial charge in [0.25, 0.3) is 0 Å². The summed E-state index contributed by atoms with van der Waals surface area (Å²) in [6.07, 6.45) is 1.03. The summed E-state index contributed by atoms with van der Waals surface area (Å²) >= 11 is 0. The normalized spacial score (nSPS) is 9.12. The number of hydrogen-bond donors (Lipinski definition) is 0. The maximum Gasteiger partial charge on any atom is 0.0375 e. The summed E-state index contributed by atoms with van der Waals surface area (Å²) in [6, 6.07) is 23.5. The molecule has 0 radical (unpaired) electrons. The third kappa shape index (κ3) is 8.30. The van der Waals surface area contributed by atoms with Crippen molar-refractivity contribution in [2.24, 2.45) is 0 Å². The van der Waals surface area contributed by atoms with Gasteiger partial charge in [-0.05, 0) is 57.4 Å². The second kappa shape index (κ2) is 11.2. The molecular weight excluding hydrogens is 302 g/mol. The molecule has 1 heterocycles. The monoisotopic (exact) mass is 335 g/mol. The number of hydrogen-bond acceptors (Lipinski definition) is 1. The molecule has 0 aliphatic rings. The summed E-state index contributed by atoms with van der Waals surface area (Å²) in [5.41, 5.74) is 7.58. The van der Waals surface area contributed by atoms with Crippen LogP contribution in [0.25, 0.3) is 0 Å². The summed E-state index contributed by atoms with van der Waals surface area (Å²) in [5, 5.41) is 0. The number of aryl methyl sites for hydroxylation is 4. The highest BCUT2D eigenvalue weighted by Gasteiger charge is 1.95. The number of pyridine rings is 1. The van der Waals surface area contributed by atoms with Crippen molar-refractivity contribution < 1.29 is 0 Å². The molecule has 3 aromatic rings. The van der Waals surface area contributed by atoms with E-state index in [1.54, 1.807) is 0 Å². The Bertz CT molecular complexity index is 664. The van der Waals surface area contributed by atoms with E-state index in [2.05, 4.69) is 67.4 Å². The SMILES string of the molecule is C.C.Cc1ccc(Cc2ccc(C)cc2)cc1.Cc1cccc(C)n1. The molecule has 25 heavy (non-hydrogen) atoms. The van der Waals surface area contributed by atoms with Crippen LogP contribution in [0.2, 0.25) is 0 Å². The topological polar surface area (TPSA) is 12.9 Å². The molecule has 0 aliphatic heterocycles. The summed E-state index contributed by atoms with van der Waals surface area (Å²) < 4.78 is 0. The molecule has 0 saturated heterocycles. The van der Waals surface area contributed by atoms with Gasteiger partial charge in [0.2, 0.25) is 0 Å². The van der Waals surface area contributed by atoms with Gasteiger partial charge in [0.05, 0.1) is 0 Å². The average Bonchev–Trinajstić information content (AvgIpc) is 2.52. The molecule has 0 spiro atoms. The summed E-state index contributed by atoms with van der Waals surface area (Å²) in [7, 11) is 0. The van der Waals surface area contributed by atoms with Crippen LogP contribution in [0.1, 0.15) is 48.5 Å². The smallest absolute Gasteiger partial charge is 0.0375 e. The zero-order chi connectivity index (χ0) is 16.7. The van der Waals surface area contributed by atoms with Gasteiger partial charge in [0.1, 0.15) is 0 Å². The number of aromatic nitrogens is 1. The molecule has 0 aliphatic carbocycles. The van der Waals surface area contributed by atoms with Gasteiger partial charge < -0.3 is 0 Å². The first-order chi connectivity index (χ1) is 11.0. The van der Waals surface area contributed by atoms with Crippen molar-refractivity contribution in [1.29, 1.82) is 0 Å². The van der Waals surface area contributed by atoms with E-state index >= 15 is 0 Å². The molecule has 1 nitrogen and oxygen atoms in total. The van der Waals surface area contributed by atoms with Crippen molar-refractivity contribution in [3.8, 4) is 0 Å². The van der Waals surface area contributed by atoms with Crippen molar-refractivity contribution in [2.45, 2.75) is 49.0 Å². The first kappa shape index (κ1) is 22.6. The van der Waals surface area contributed by atoms with E-state index in [9.17, 15) is 0 Å². The lowest BCUT2D eigenvalue weighted by Crippen LogP contribution is -1.88. The lowest BCUT2D eigenvalue weighted by atomic mass is 10.0. The first-order valence-electron chi connectivity index (χ1n) is 8.04. The predicted molar refractivity (Wildman–Crippen MR) is 112 cm³/mol. The fraction of sp³-hybridized carbons (Fsp3) is 0.292. The molecule has 0 fully saturated rings. The van der Waals surface area contributed by atoms with Crippen LogP contribution in [0.3, 0.4) is 0 Å². The third-order valence-electron chi connectivity index (χ3n) is 3.68. The standard InChI is InChI=1S/C15H16.C7H9N.2CH4/c1-12-3-7-14(8-4-12)11-15-9-5-13(2)6-10-15;1-6-4-3-5-7(2)8-6;;/h3-10H,11H2,1-2H3;3-5H,1-2H3;2*1H4. The van der Waals surface area contributed by atoms with E-state index in [-0.39, 0.29) is 14.9 Å². The Balaban J connectivity index is 0.000000497. The molecule has 0 unspecified atom stereocenters. The maximum absolute atomic E-state index is 4.17. The average molecular weight is 336 g/mol. The van der Waals surface area contributed by atoms with Crippen LogP contribution in [-0.2, 0) is 6.42 Å². The summed E-state index contributed by atoms with van der Waals surface area (Å²) in [5.74, 6) is 0. The molecule has 3 rings (SSSR count). The van der Waals surface area contributed by atoms with Crippen molar-refractivity contribution in [3.05, 3.63) is 100 Å². The quantitative estimate of drug-likeness (QED) is 0.498. The van der Waals surface area contributed by atoms with Crippen LogP contribution in [-0.4, -0.2) is 4.98 Å². The number of rotatable bonds is 2. The van der Waals surface area contributed by atoms with Crippen molar-refractivity contribution in [2.75, 3.05) is 0 Å². The van der Waals surface area contributed by atoms with E-state index in [4.69, 9.17) is 0 Å². The van der Waals surface area contributed by atoms with Gasteiger partial charge in [-0.3, -0.25) is 4.98 Å². The molecule has 0 amide bonds. The van der Waals surface area contributed by atoms with Crippen LogP contribution < -0.4 is 0 Å². The van der Waals surface area contributed by atoms with Crippen molar-refractivity contribution in [3.63, 3.8) is 0 Å². The largest absolute Gasteiger partial charge is 0.258 e. The molecule has 0 saturated carbocycles. The molecule has 0 atom stereocenters. The highest BCUT2D eigenvalue weighted by atomic mass is 14.7. The molecule has 134 valence electrons. The fourth-order valence-electron chi connectivity index (χ4n) is 2.33. The maximum atomic E-state index is 4.17. The minimum absolute atomic E-state index is 0. The zero-order valence-corrected chi connectivity index (χ0v) is 14.5. The van der Waals surface area contributed by atoms with Gasteiger partial charge in [-0.25, -0.2) is 0 Å². The van der Waals surface area contributed by atoms with Gasteiger partial charge in [0, 0.05) is 11.4 Å². The Hall–Kier alpha value is -2.41. The minimum atomic E-state index is 0. The van der Waals surface area contributed by atoms with Crippen LogP contribution in [0.15, 0.2) is 66.7 Å². The lowest BCUT2D eigenvalue weighted by molar-refractivity contribution is 1.12. The Morgan fingerprint density at radius 1 is 0.560 bits per heavy atom. The van der Waals surface area contributed by atoms with Crippen LogP contribution in [0.5, 0.6) is 0 Å². The first-order valence-corrected chi connectivity index (χ1v) is 8.04. The highest BCUT2D eigenvalue weighted by molar-refractivity contribution is 5.29. The molecule has 1 aromatic heterocycles. The van der Waals surface area contributed by atoms with Crippen LogP contribution >= 0.6 is 0 Å². The van der Waals surface area contributed by atoms with Gasteiger partial charge in [0.15, 0.2) is 0 Å². The Kier molecular flexibility index (Phi) is 10.1. The zero-order valence-electron chi connectivity index (χ0n) is 14.5. The lowest BCUT2D eigenvalue weighted by Gasteiger charge is -2.03. The van der Waals surface area contributed by atoms with Gasteiger partial charge in [-0.1, -0.05) is 80.6 Å². The van der Waals surface area contributed by atoms with Crippen LogP contribution in [0.4, 0.5) is 0 Å². The number of benzene rings is 2. The van der Waals surface area contributed by atoms with Crippen LogP contribution in [0, 0.1) is 27.7 Å². The van der Waals surface area contributed by atoms with E-state index in [1.807, 2.05) is 32.0 Å². The second-order valence-electron chi connectivity index (χ2n) is 6.07. The Labute approximate surface area is 154 Å². The Morgan fingerprint density at radius 3 is 1.20 bits per heavy atom. The molecule has 0 N–H and O–H groups in total. The fourth-order valence-corrected chi connectivity index (χ4v) is 2.33. The predicted octanol–water partition coefficient (Wildman–Crippen LogP) is 6.86. The molecule has 0 bridgehead atoms. The van der Waals surface area contributed by atoms with Crippen molar-refractivity contribution in [1.82, 2.24) is 4.98 Å². The third-order valence-corrected chi connectivity index (χ3v) is 3.68. The summed E-state index contributed by atoms with van der Waals surface area (Å²) in [4.78, 5) is 4.17. The second-order valence-corrected chi connectivity index (χ2v) is 6.07. The molecular formula is C24H33N. The van der Waals surface area contributed by atoms with E-state index in [0.717, 1.165) is 17.8 Å². The van der Waals surface area contributed by atoms with E-state index < -0.39 is 0 Å². The van der Waals surface area contributed by atoms with Gasteiger partial charge in [-0.15, -0.1) is 0 Å². The number of nitrogens with zero attached hydrogens (tertiary/aromatic N) is 1. The minimum Gasteiger partial charge on any atom is -0.258 e. The van der Waals surface area contributed by atoms with Gasteiger partial charge in [-0.2, -0.15) is 0 Å². The Morgan fingerprint density at radius 2 is 0.920 bits per heavy atom. The molecule has 1 heteroatoms.